The van der Waals surface area contributed by atoms with Gasteiger partial charge in [-0.05, 0) is 25.7 Å². The summed E-state index contributed by atoms with van der Waals surface area (Å²) in [5.74, 6) is 0. The molecule has 0 saturated heterocycles. The minimum Gasteiger partial charge on any atom is -0.759 e. The highest BCUT2D eigenvalue weighted by Crippen LogP contribution is 1.99. The first-order chi connectivity index (χ1) is 6.41. The van der Waals surface area contributed by atoms with Gasteiger partial charge in [-0.1, -0.05) is 6.42 Å². The normalized spacial score (nSPS) is 9.87. The van der Waals surface area contributed by atoms with Crippen LogP contribution in [0.15, 0.2) is 0 Å². The molecule has 0 aliphatic rings. The van der Waals surface area contributed by atoms with Gasteiger partial charge < -0.3 is 26.0 Å². The van der Waals surface area contributed by atoms with E-state index in [0.717, 1.165) is 13.1 Å². The summed E-state index contributed by atoms with van der Waals surface area (Å²) in [6.07, 6.45) is 6.71. The number of quaternary nitrogens is 2. The highest BCUT2D eigenvalue weighted by Gasteiger charge is 1.88. The number of hydrogen-bond donors (Lipinski definition) is 2. The average Bonchev–Trinajstić information content (AvgIpc) is 2.01. The van der Waals surface area contributed by atoms with Gasteiger partial charge in [0.15, 0.2) is 0 Å². The Balaban J connectivity index is -0.000000208. The Morgan fingerprint density at radius 2 is 1.00 bits per heavy atom. The molecule has 0 aromatic heterocycles. The highest BCUT2D eigenvalue weighted by atomic mass is 32.3. The minimum absolute atomic E-state index is 0. The lowest BCUT2D eigenvalue weighted by atomic mass is 10.1. The lowest BCUT2D eigenvalue weighted by molar-refractivity contribution is -0.369. The molecular weight excluding hydrogens is 224 g/mol. The van der Waals surface area contributed by atoms with Gasteiger partial charge in [-0.15, -0.1) is 0 Å². The van der Waals surface area contributed by atoms with E-state index in [1.54, 1.807) is 0 Å². The van der Waals surface area contributed by atoms with Crippen molar-refractivity contribution in [1.82, 2.24) is 0 Å². The van der Waals surface area contributed by atoms with Crippen LogP contribution >= 0.6 is 0 Å². The quantitative estimate of drug-likeness (QED) is 0.294. The third kappa shape index (κ3) is 57.4. The fraction of sp³-hybridized carbons (Fsp3) is 1.00. The molecule has 8 N–H and O–H groups in total. The van der Waals surface area contributed by atoms with Crippen LogP contribution in [0.25, 0.3) is 0 Å². The Kier molecular flexibility index (Phi) is 18.5. The molecule has 0 fully saturated rings. The molecular formula is C7H22N2O5S. The zero-order valence-corrected chi connectivity index (χ0v) is 9.72. The third-order valence-corrected chi connectivity index (χ3v) is 1.50. The second kappa shape index (κ2) is 13.8. The first-order valence-electron chi connectivity index (χ1n) is 4.67. The van der Waals surface area contributed by atoms with Crippen LogP contribution in [0.5, 0.6) is 0 Å². The summed E-state index contributed by atoms with van der Waals surface area (Å²) in [5.41, 5.74) is 7.58. The average molecular weight is 246 g/mol. The summed E-state index contributed by atoms with van der Waals surface area (Å²) < 4.78 is 34.1. The fourth-order valence-electron chi connectivity index (χ4n) is 0.884. The van der Waals surface area contributed by atoms with Crippen LogP contribution in [0.4, 0.5) is 0 Å². The molecule has 15 heavy (non-hydrogen) atoms. The van der Waals surface area contributed by atoms with Gasteiger partial charge in [-0.2, -0.15) is 0 Å². The van der Waals surface area contributed by atoms with Crippen LogP contribution in [0.1, 0.15) is 32.1 Å². The van der Waals surface area contributed by atoms with E-state index in [1.165, 1.54) is 32.1 Å². The summed E-state index contributed by atoms with van der Waals surface area (Å²) in [6.45, 7) is 2.20. The molecule has 0 aromatic rings. The lowest BCUT2D eigenvalue weighted by Gasteiger charge is -2.06. The standard InChI is InChI=1S/C7H18N2.H2O4S.H2O/c8-6-4-2-1-3-5-7-9;1-5(2,3)4;/h1-9H2;(H2,1,2,3,4);1H2. The second-order valence-electron chi connectivity index (χ2n) is 2.88. The van der Waals surface area contributed by atoms with E-state index in [9.17, 15) is 0 Å². The molecule has 0 atom stereocenters. The minimum atomic E-state index is -5.17. The van der Waals surface area contributed by atoms with Gasteiger partial charge >= 0.3 is 0 Å². The summed E-state index contributed by atoms with van der Waals surface area (Å²) in [5, 5.41) is 0. The monoisotopic (exact) mass is 246 g/mol. The third-order valence-electron chi connectivity index (χ3n) is 1.50. The van der Waals surface area contributed by atoms with Gasteiger partial charge in [0, 0.05) is 10.4 Å². The first-order valence-corrected chi connectivity index (χ1v) is 6.00. The molecule has 0 amide bonds. The van der Waals surface area contributed by atoms with Gasteiger partial charge in [-0.3, -0.25) is 8.42 Å². The largest absolute Gasteiger partial charge is 0.759 e. The van der Waals surface area contributed by atoms with Crippen LogP contribution in [0.2, 0.25) is 0 Å². The molecule has 0 rings (SSSR count). The van der Waals surface area contributed by atoms with Crippen molar-refractivity contribution in [1.29, 1.82) is 0 Å². The van der Waals surface area contributed by atoms with Gasteiger partial charge in [0.2, 0.25) is 0 Å². The summed E-state index contributed by atoms with van der Waals surface area (Å²) in [4.78, 5) is 0. The van der Waals surface area contributed by atoms with Crippen molar-refractivity contribution in [2.24, 2.45) is 0 Å². The second-order valence-corrected chi connectivity index (χ2v) is 3.70. The van der Waals surface area contributed by atoms with Crippen molar-refractivity contribution >= 4 is 10.4 Å². The van der Waals surface area contributed by atoms with E-state index in [1.807, 2.05) is 0 Å². The summed E-state index contributed by atoms with van der Waals surface area (Å²) in [6, 6.07) is 0. The predicted octanol–water partition coefficient (Wildman–Crippen LogP) is -2.74. The van der Waals surface area contributed by atoms with E-state index >= 15 is 0 Å². The molecule has 0 spiro atoms. The summed E-state index contributed by atoms with van der Waals surface area (Å²) >= 11 is 0. The molecule has 8 heteroatoms. The Morgan fingerprint density at radius 3 is 1.20 bits per heavy atom. The Labute approximate surface area is 90.7 Å². The maximum absolute atomic E-state index is 8.52. The van der Waals surface area contributed by atoms with Crippen molar-refractivity contribution in [3.8, 4) is 0 Å². The number of rotatable bonds is 6. The molecule has 0 bridgehead atoms. The topological polar surface area (TPSA) is 167 Å². The fourth-order valence-corrected chi connectivity index (χ4v) is 0.884. The van der Waals surface area contributed by atoms with Crippen molar-refractivity contribution < 1.29 is 34.5 Å². The van der Waals surface area contributed by atoms with E-state index < -0.39 is 10.4 Å². The van der Waals surface area contributed by atoms with Crippen molar-refractivity contribution in [2.75, 3.05) is 13.1 Å². The van der Waals surface area contributed by atoms with Gasteiger partial charge in [0.05, 0.1) is 13.1 Å². The van der Waals surface area contributed by atoms with E-state index in [2.05, 4.69) is 11.5 Å². The van der Waals surface area contributed by atoms with Gasteiger partial charge in [0.1, 0.15) is 0 Å². The maximum atomic E-state index is 8.52. The van der Waals surface area contributed by atoms with E-state index in [-0.39, 0.29) is 5.48 Å². The smallest absolute Gasteiger partial charge is 0.0739 e. The highest BCUT2D eigenvalue weighted by molar-refractivity contribution is 7.79. The summed E-state index contributed by atoms with van der Waals surface area (Å²) in [7, 11) is -5.17. The molecule has 0 aliphatic carbocycles. The SMILES string of the molecule is O.O=S(=O)([O-])[O-].[NH3+]CCCCCCC[NH3+]. The first kappa shape index (κ1) is 20.2. The zero-order chi connectivity index (χ0) is 11.4. The molecule has 96 valence electrons. The van der Waals surface area contributed by atoms with Crippen LogP contribution in [-0.4, -0.2) is 36.1 Å². The van der Waals surface area contributed by atoms with Crippen molar-refractivity contribution in [3.63, 3.8) is 0 Å². The zero-order valence-electron chi connectivity index (χ0n) is 8.91. The molecule has 0 aromatic carbocycles. The number of hydrogen-bond acceptors (Lipinski definition) is 4. The number of unbranched alkanes of at least 4 members (excludes halogenated alkanes) is 4. The molecule has 0 unspecified atom stereocenters. The van der Waals surface area contributed by atoms with Crippen LogP contribution in [0, 0.1) is 0 Å². The predicted molar refractivity (Wildman–Crippen MR) is 52.7 cm³/mol. The van der Waals surface area contributed by atoms with E-state index in [0.29, 0.717) is 0 Å². The Morgan fingerprint density at radius 1 is 0.800 bits per heavy atom. The van der Waals surface area contributed by atoms with Crippen molar-refractivity contribution in [2.45, 2.75) is 32.1 Å². The van der Waals surface area contributed by atoms with Crippen LogP contribution in [-0.2, 0) is 10.4 Å². The molecule has 0 aliphatic heterocycles. The van der Waals surface area contributed by atoms with E-state index in [4.69, 9.17) is 17.5 Å². The molecule has 7 nitrogen and oxygen atoms in total. The Hall–Kier alpha value is -0.250. The molecule has 0 radical (unpaired) electrons. The van der Waals surface area contributed by atoms with Crippen LogP contribution in [0.3, 0.4) is 0 Å². The Bertz CT molecular complexity index is 182. The lowest BCUT2D eigenvalue weighted by Crippen LogP contribution is -2.50. The maximum Gasteiger partial charge on any atom is 0.0739 e. The van der Waals surface area contributed by atoms with Crippen molar-refractivity contribution in [3.05, 3.63) is 0 Å². The van der Waals surface area contributed by atoms with Crippen LogP contribution < -0.4 is 11.5 Å². The van der Waals surface area contributed by atoms with Gasteiger partial charge in [-0.25, -0.2) is 0 Å². The van der Waals surface area contributed by atoms with Gasteiger partial charge in [0.25, 0.3) is 0 Å². The molecule has 0 saturated carbocycles. The molecule has 0 heterocycles.